The van der Waals surface area contributed by atoms with Crippen LogP contribution in [0.25, 0.3) is 0 Å². The molecule has 5 heteroatoms. The molecule has 1 rings (SSSR count). The Labute approximate surface area is 127 Å². The van der Waals surface area contributed by atoms with Crippen molar-refractivity contribution in [2.24, 2.45) is 0 Å². The van der Waals surface area contributed by atoms with Crippen LogP contribution < -0.4 is 19.5 Å². The molecule has 0 radical (unpaired) electrons. The Balaban J connectivity index is 2.91. The van der Waals surface area contributed by atoms with E-state index >= 15 is 0 Å². The molecule has 1 aromatic rings. The van der Waals surface area contributed by atoms with Crippen LogP contribution in [0.15, 0.2) is 12.1 Å². The van der Waals surface area contributed by atoms with Gasteiger partial charge in [0.15, 0.2) is 11.5 Å². The topological polar surface area (TPSA) is 49.0 Å². The smallest absolute Gasteiger partial charge is 0.203 e. The maximum absolute atomic E-state index is 5.43. The average Bonchev–Trinajstić information content (AvgIpc) is 2.51. The predicted molar refractivity (Wildman–Crippen MR) is 83.6 cm³/mol. The Kier molecular flexibility index (Phi) is 7.32. The zero-order valence-electron chi connectivity index (χ0n) is 13.9. The first-order valence-corrected chi connectivity index (χ1v) is 7.21. The summed E-state index contributed by atoms with van der Waals surface area (Å²) in [6.45, 7) is 7.61. The van der Waals surface area contributed by atoms with Gasteiger partial charge in [-0.05, 0) is 38.5 Å². The van der Waals surface area contributed by atoms with E-state index in [2.05, 4.69) is 19.2 Å². The second kappa shape index (κ2) is 8.74. The Morgan fingerprint density at radius 1 is 1.00 bits per heavy atom. The highest BCUT2D eigenvalue weighted by Crippen LogP contribution is 2.39. The fourth-order valence-corrected chi connectivity index (χ4v) is 2.22. The molecule has 0 heterocycles. The van der Waals surface area contributed by atoms with Crippen molar-refractivity contribution in [3.8, 4) is 17.2 Å². The fraction of sp³-hybridized carbons (Fsp3) is 0.625. The van der Waals surface area contributed by atoms with Crippen molar-refractivity contribution < 1.29 is 18.9 Å². The van der Waals surface area contributed by atoms with Gasteiger partial charge in [0.05, 0.1) is 27.9 Å². The summed E-state index contributed by atoms with van der Waals surface area (Å²) in [7, 11) is 4.85. The molecule has 1 aromatic carbocycles. The van der Waals surface area contributed by atoms with E-state index in [-0.39, 0.29) is 12.1 Å². The standard InChI is InChI=1S/C16H27NO4/c1-7-21-10-11(2)17-12(3)13-8-14(18-4)16(20-6)15(9-13)19-5/h8-9,11-12,17H,7,10H2,1-6H3. The quantitative estimate of drug-likeness (QED) is 0.759. The summed E-state index contributed by atoms with van der Waals surface area (Å²) in [5, 5.41) is 3.49. The van der Waals surface area contributed by atoms with Crippen molar-refractivity contribution in [1.29, 1.82) is 0 Å². The number of rotatable bonds is 9. The van der Waals surface area contributed by atoms with E-state index in [1.54, 1.807) is 21.3 Å². The molecule has 0 spiro atoms. The molecule has 0 amide bonds. The molecule has 0 fully saturated rings. The third kappa shape index (κ3) is 4.79. The monoisotopic (exact) mass is 297 g/mol. The lowest BCUT2D eigenvalue weighted by atomic mass is 10.1. The summed E-state index contributed by atoms with van der Waals surface area (Å²) in [5.41, 5.74) is 1.08. The number of methoxy groups -OCH3 is 3. The molecule has 21 heavy (non-hydrogen) atoms. The van der Waals surface area contributed by atoms with Crippen molar-refractivity contribution in [1.82, 2.24) is 5.32 Å². The zero-order valence-corrected chi connectivity index (χ0v) is 13.9. The van der Waals surface area contributed by atoms with Crippen LogP contribution in [0.4, 0.5) is 0 Å². The third-order valence-corrected chi connectivity index (χ3v) is 3.29. The summed E-state index contributed by atoms with van der Waals surface area (Å²) in [4.78, 5) is 0. The summed E-state index contributed by atoms with van der Waals surface area (Å²) in [6.07, 6.45) is 0. The summed E-state index contributed by atoms with van der Waals surface area (Å²) < 4.78 is 21.5. The van der Waals surface area contributed by atoms with Crippen LogP contribution in [-0.2, 0) is 4.74 Å². The maximum atomic E-state index is 5.43. The Morgan fingerprint density at radius 3 is 2.00 bits per heavy atom. The van der Waals surface area contributed by atoms with Gasteiger partial charge in [-0.3, -0.25) is 0 Å². The van der Waals surface area contributed by atoms with Gasteiger partial charge < -0.3 is 24.3 Å². The molecule has 2 unspecified atom stereocenters. The van der Waals surface area contributed by atoms with Crippen molar-refractivity contribution in [2.75, 3.05) is 34.5 Å². The van der Waals surface area contributed by atoms with Crippen molar-refractivity contribution >= 4 is 0 Å². The molecule has 0 aliphatic heterocycles. The van der Waals surface area contributed by atoms with E-state index < -0.39 is 0 Å². The van der Waals surface area contributed by atoms with Crippen molar-refractivity contribution in [2.45, 2.75) is 32.9 Å². The van der Waals surface area contributed by atoms with Crippen molar-refractivity contribution in [3.05, 3.63) is 17.7 Å². The van der Waals surface area contributed by atoms with E-state index in [0.29, 0.717) is 23.9 Å². The molecule has 0 aliphatic carbocycles. The Bertz CT molecular complexity index is 411. The molecule has 5 nitrogen and oxygen atoms in total. The second-order valence-electron chi connectivity index (χ2n) is 4.91. The van der Waals surface area contributed by atoms with Gasteiger partial charge in [-0.25, -0.2) is 0 Å². The highest BCUT2D eigenvalue weighted by Gasteiger charge is 2.17. The first-order chi connectivity index (χ1) is 10.1. The van der Waals surface area contributed by atoms with Crippen LogP contribution in [0.3, 0.4) is 0 Å². The van der Waals surface area contributed by atoms with Gasteiger partial charge >= 0.3 is 0 Å². The first kappa shape index (κ1) is 17.6. The van der Waals surface area contributed by atoms with Crippen LogP contribution in [-0.4, -0.2) is 40.6 Å². The van der Waals surface area contributed by atoms with Crippen LogP contribution >= 0.6 is 0 Å². The maximum Gasteiger partial charge on any atom is 0.203 e. The first-order valence-electron chi connectivity index (χ1n) is 7.21. The summed E-state index contributed by atoms with van der Waals surface area (Å²) in [5.74, 6) is 1.94. The molecular formula is C16H27NO4. The van der Waals surface area contributed by atoms with Gasteiger partial charge in [-0.15, -0.1) is 0 Å². The Hall–Kier alpha value is -1.46. The zero-order chi connectivity index (χ0) is 15.8. The van der Waals surface area contributed by atoms with Crippen molar-refractivity contribution in [3.63, 3.8) is 0 Å². The average molecular weight is 297 g/mol. The Morgan fingerprint density at radius 2 is 1.57 bits per heavy atom. The van der Waals surface area contributed by atoms with E-state index in [9.17, 15) is 0 Å². The summed E-state index contributed by atoms with van der Waals surface area (Å²) in [6, 6.07) is 4.34. The minimum absolute atomic E-state index is 0.147. The van der Waals surface area contributed by atoms with Crippen LogP contribution in [0.2, 0.25) is 0 Å². The van der Waals surface area contributed by atoms with E-state index in [4.69, 9.17) is 18.9 Å². The molecule has 0 aromatic heterocycles. The number of hydrogen-bond acceptors (Lipinski definition) is 5. The lowest BCUT2D eigenvalue weighted by Gasteiger charge is -2.22. The van der Waals surface area contributed by atoms with Gasteiger partial charge in [0.25, 0.3) is 0 Å². The number of nitrogens with one attached hydrogen (secondary N) is 1. The fourth-order valence-electron chi connectivity index (χ4n) is 2.22. The second-order valence-corrected chi connectivity index (χ2v) is 4.91. The molecule has 120 valence electrons. The number of benzene rings is 1. The largest absolute Gasteiger partial charge is 0.493 e. The molecular weight excluding hydrogens is 270 g/mol. The lowest BCUT2D eigenvalue weighted by molar-refractivity contribution is 0.124. The van der Waals surface area contributed by atoms with Crippen LogP contribution in [0.1, 0.15) is 32.4 Å². The van der Waals surface area contributed by atoms with Gasteiger partial charge in [-0.2, -0.15) is 0 Å². The van der Waals surface area contributed by atoms with Gasteiger partial charge in [0.2, 0.25) is 5.75 Å². The SMILES string of the molecule is CCOCC(C)NC(C)c1cc(OC)c(OC)c(OC)c1. The number of hydrogen-bond donors (Lipinski definition) is 1. The highest BCUT2D eigenvalue weighted by atomic mass is 16.5. The minimum atomic E-state index is 0.147. The summed E-state index contributed by atoms with van der Waals surface area (Å²) >= 11 is 0. The normalized spacial score (nSPS) is 13.6. The molecule has 0 saturated heterocycles. The van der Waals surface area contributed by atoms with E-state index in [1.807, 2.05) is 19.1 Å². The minimum Gasteiger partial charge on any atom is -0.493 e. The van der Waals surface area contributed by atoms with Gasteiger partial charge in [0, 0.05) is 18.7 Å². The third-order valence-electron chi connectivity index (χ3n) is 3.29. The molecule has 2 atom stereocenters. The molecule has 0 aliphatic rings. The van der Waals surface area contributed by atoms with Gasteiger partial charge in [0.1, 0.15) is 0 Å². The predicted octanol–water partition coefficient (Wildman–Crippen LogP) is 2.79. The van der Waals surface area contributed by atoms with Crippen LogP contribution in [0.5, 0.6) is 17.2 Å². The van der Waals surface area contributed by atoms with Crippen LogP contribution in [0, 0.1) is 0 Å². The molecule has 0 bridgehead atoms. The van der Waals surface area contributed by atoms with E-state index in [0.717, 1.165) is 12.2 Å². The highest BCUT2D eigenvalue weighted by molar-refractivity contribution is 5.54. The molecule has 0 saturated carbocycles. The lowest BCUT2D eigenvalue weighted by Crippen LogP contribution is -2.32. The van der Waals surface area contributed by atoms with E-state index in [1.165, 1.54) is 0 Å². The van der Waals surface area contributed by atoms with Gasteiger partial charge in [-0.1, -0.05) is 0 Å². The number of ether oxygens (including phenoxy) is 4. The molecule has 1 N–H and O–H groups in total.